The number of pyridine rings is 1. The van der Waals surface area contributed by atoms with E-state index in [0.717, 1.165) is 0 Å². The van der Waals surface area contributed by atoms with E-state index < -0.39 is 5.97 Å². The maximum absolute atomic E-state index is 12.3. The van der Waals surface area contributed by atoms with Crippen LogP contribution in [0.2, 0.25) is 10.0 Å². The van der Waals surface area contributed by atoms with Gasteiger partial charge in [0.15, 0.2) is 5.88 Å². The summed E-state index contributed by atoms with van der Waals surface area (Å²) < 4.78 is 4.87. The van der Waals surface area contributed by atoms with Crippen LogP contribution in [0, 0.1) is 6.92 Å². The fraction of sp³-hybridized carbons (Fsp3) is 0.125. The minimum absolute atomic E-state index is 0.108. The number of aromatic amines is 1. The van der Waals surface area contributed by atoms with E-state index in [1.807, 2.05) is 0 Å². The zero-order valence-electron chi connectivity index (χ0n) is 12.3. The summed E-state index contributed by atoms with van der Waals surface area (Å²) in [6.45, 7) is 1.69. The molecule has 3 aromatic rings. The Labute approximate surface area is 141 Å². The monoisotopic (exact) mass is 350 g/mol. The zero-order valence-corrected chi connectivity index (χ0v) is 13.8. The topological polar surface area (TPSA) is 75.2 Å². The van der Waals surface area contributed by atoms with Gasteiger partial charge in [0.2, 0.25) is 0 Å². The van der Waals surface area contributed by atoms with Crippen LogP contribution in [-0.2, 0) is 4.74 Å². The van der Waals surface area contributed by atoms with E-state index in [1.165, 1.54) is 7.11 Å². The standard InChI is InChI=1S/C16H12Cl2N2O3/c1-7-11(16(22)23-2)12(8-4-3-5-9(17)14(8)18)13-10(20-7)6-19-15(13)21/h3-6,19,21H,1-2H3. The average molecular weight is 351 g/mol. The number of H-pyrrole nitrogens is 1. The normalized spacial score (nSPS) is 11.0. The number of fused-ring (bicyclic) bond motifs is 1. The molecule has 1 aromatic carbocycles. The van der Waals surface area contributed by atoms with E-state index in [0.29, 0.717) is 32.7 Å². The maximum atomic E-state index is 12.3. The molecule has 3 rings (SSSR count). The van der Waals surface area contributed by atoms with Gasteiger partial charge >= 0.3 is 5.97 Å². The molecular weight excluding hydrogens is 339 g/mol. The number of hydrogen-bond acceptors (Lipinski definition) is 4. The Balaban J connectivity index is 2.52. The second-order valence-electron chi connectivity index (χ2n) is 4.94. The van der Waals surface area contributed by atoms with E-state index in [1.54, 1.807) is 31.3 Å². The Bertz CT molecular complexity index is 935. The van der Waals surface area contributed by atoms with Crippen molar-refractivity contribution < 1.29 is 14.6 Å². The number of nitrogens with one attached hydrogen (secondary N) is 1. The van der Waals surface area contributed by atoms with Crippen molar-refractivity contribution >= 4 is 40.1 Å². The van der Waals surface area contributed by atoms with Crippen LogP contribution in [0.1, 0.15) is 16.1 Å². The molecule has 0 bridgehead atoms. The van der Waals surface area contributed by atoms with Gasteiger partial charge in [0, 0.05) is 17.3 Å². The van der Waals surface area contributed by atoms with Crippen LogP contribution in [-0.4, -0.2) is 28.2 Å². The summed E-state index contributed by atoms with van der Waals surface area (Å²) in [5.74, 6) is -0.674. The highest BCUT2D eigenvalue weighted by Crippen LogP contribution is 2.42. The van der Waals surface area contributed by atoms with E-state index >= 15 is 0 Å². The quantitative estimate of drug-likeness (QED) is 0.674. The highest BCUT2D eigenvalue weighted by atomic mass is 35.5. The lowest BCUT2D eigenvalue weighted by Crippen LogP contribution is -2.08. The van der Waals surface area contributed by atoms with E-state index in [-0.39, 0.29) is 16.5 Å². The van der Waals surface area contributed by atoms with Crippen molar-refractivity contribution in [2.45, 2.75) is 6.92 Å². The maximum Gasteiger partial charge on any atom is 0.340 e. The summed E-state index contributed by atoms with van der Waals surface area (Å²) in [6.07, 6.45) is 1.56. The van der Waals surface area contributed by atoms with Crippen molar-refractivity contribution in [3.8, 4) is 17.0 Å². The number of aromatic nitrogens is 2. The predicted octanol–water partition coefficient (Wildman–Crippen LogP) is 4.34. The number of ether oxygens (including phenoxy) is 1. The first kappa shape index (κ1) is 15.6. The SMILES string of the molecule is COC(=O)c1c(C)nc2c[nH]c(O)c2c1-c1cccc(Cl)c1Cl. The number of aryl methyl sites for hydroxylation is 1. The fourth-order valence-corrected chi connectivity index (χ4v) is 2.99. The molecule has 0 radical (unpaired) electrons. The molecule has 0 atom stereocenters. The number of nitrogens with zero attached hydrogens (tertiary/aromatic N) is 1. The fourth-order valence-electron chi connectivity index (χ4n) is 2.60. The van der Waals surface area contributed by atoms with E-state index in [2.05, 4.69) is 9.97 Å². The minimum Gasteiger partial charge on any atom is -0.494 e. The molecule has 118 valence electrons. The average Bonchev–Trinajstić information content (AvgIpc) is 2.89. The van der Waals surface area contributed by atoms with Gasteiger partial charge in [-0.3, -0.25) is 4.98 Å². The van der Waals surface area contributed by atoms with Crippen molar-refractivity contribution in [1.29, 1.82) is 0 Å². The van der Waals surface area contributed by atoms with Gasteiger partial charge in [-0.25, -0.2) is 4.79 Å². The molecule has 0 saturated carbocycles. The number of hydrogen-bond donors (Lipinski definition) is 2. The molecular formula is C16H12Cl2N2O3. The number of esters is 1. The number of benzene rings is 1. The van der Waals surface area contributed by atoms with Gasteiger partial charge in [0.05, 0.1) is 39.3 Å². The first-order valence-corrected chi connectivity index (χ1v) is 7.44. The molecule has 0 aliphatic carbocycles. The number of aromatic hydroxyl groups is 1. The first-order valence-electron chi connectivity index (χ1n) is 6.69. The molecule has 2 heterocycles. The molecule has 0 aliphatic rings. The van der Waals surface area contributed by atoms with Gasteiger partial charge < -0.3 is 14.8 Å². The van der Waals surface area contributed by atoms with Crippen LogP contribution >= 0.6 is 23.2 Å². The van der Waals surface area contributed by atoms with Gasteiger partial charge in [-0.2, -0.15) is 0 Å². The van der Waals surface area contributed by atoms with E-state index in [9.17, 15) is 9.90 Å². The molecule has 0 spiro atoms. The third-order valence-corrected chi connectivity index (χ3v) is 4.42. The van der Waals surface area contributed by atoms with Crippen molar-refractivity contribution in [3.05, 3.63) is 45.7 Å². The van der Waals surface area contributed by atoms with Gasteiger partial charge in [0.1, 0.15) is 0 Å². The van der Waals surface area contributed by atoms with Gasteiger partial charge in [0.25, 0.3) is 0 Å². The largest absolute Gasteiger partial charge is 0.494 e. The van der Waals surface area contributed by atoms with E-state index in [4.69, 9.17) is 27.9 Å². The lowest BCUT2D eigenvalue weighted by Gasteiger charge is -2.14. The van der Waals surface area contributed by atoms with Crippen molar-refractivity contribution in [2.75, 3.05) is 7.11 Å². The van der Waals surface area contributed by atoms with Gasteiger partial charge in [-0.05, 0) is 13.0 Å². The summed E-state index contributed by atoms with van der Waals surface area (Å²) in [4.78, 5) is 19.3. The van der Waals surface area contributed by atoms with Crippen LogP contribution in [0.5, 0.6) is 5.88 Å². The highest BCUT2D eigenvalue weighted by Gasteiger charge is 2.25. The molecule has 0 amide bonds. The summed E-state index contributed by atoms with van der Waals surface area (Å²) in [5, 5.41) is 11.2. The van der Waals surface area contributed by atoms with Gasteiger partial charge in [-0.15, -0.1) is 0 Å². The smallest absolute Gasteiger partial charge is 0.340 e. The Morgan fingerprint density at radius 1 is 1.35 bits per heavy atom. The molecule has 0 unspecified atom stereocenters. The first-order chi connectivity index (χ1) is 11.0. The summed E-state index contributed by atoms with van der Waals surface area (Å²) >= 11 is 12.4. The van der Waals surface area contributed by atoms with Crippen LogP contribution in [0.4, 0.5) is 0 Å². The second-order valence-corrected chi connectivity index (χ2v) is 5.72. The summed E-state index contributed by atoms with van der Waals surface area (Å²) in [5.41, 5.74) is 2.17. The number of rotatable bonds is 2. The number of carbonyl (C=O) groups is 1. The van der Waals surface area contributed by atoms with Crippen LogP contribution in [0.3, 0.4) is 0 Å². The third kappa shape index (κ3) is 2.42. The zero-order chi connectivity index (χ0) is 16.7. The van der Waals surface area contributed by atoms with Gasteiger partial charge in [-0.1, -0.05) is 35.3 Å². The summed E-state index contributed by atoms with van der Waals surface area (Å²) in [6, 6.07) is 5.09. The third-order valence-electron chi connectivity index (χ3n) is 3.60. The molecule has 7 heteroatoms. The summed E-state index contributed by atoms with van der Waals surface area (Å²) in [7, 11) is 1.28. The molecule has 0 saturated heterocycles. The van der Waals surface area contributed by atoms with Crippen LogP contribution in [0.25, 0.3) is 22.0 Å². The molecule has 0 aliphatic heterocycles. The lowest BCUT2D eigenvalue weighted by atomic mass is 9.95. The minimum atomic E-state index is -0.566. The van der Waals surface area contributed by atoms with Crippen molar-refractivity contribution in [1.82, 2.24) is 9.97 Å². The number of carbonyl (C=O) groups excluding carboxylic acids is 1. The Kier molecular flexibility index (Phi) is 3.92. The Hall–Kier alpha value is -2.24. The predicted molar refractivity (Wildman–Crippen MR) is 89.3 cm³/mol. The molecule has 23 heavy (non-hydrogen) atoms. The van der Waals surface area contributed by atoms with Crippen LogP contribution in [0.15, 0.2) is 24.4 Å². The molecule has 2 aromatic heterocycles. The number of methoxy groups -OCH3 is 1. The number of halogens is 2. The van der Waals surface area contributed by atoms with Crippen molar-refractivity contribution in [3.63, 3.8) is 0 Å². The lowest BCUT2D eigenvalue weighted by molar-refractivity contribution is 0.0600. The molecule has 0 fully saturated rings. The molecule has 5 nitrogen and oxygen atoms in total. The highest BCUT2D eigenvalue weighted by molar-refractivity contribution is 6.44. The van der Waals surface area contributed by atoms with Crippen molar-refractivity contribution in [2.24, 2.45) is 0 Å². The van der Waals surface area contributed by atoms with Crippen LogP contribution < -0.4 is 0 Å². The molecule has 2 N–H and O–H groups in total. The Morgan fingerprint density at radius 3 is 2.78 bits per heavy atom. The second kappa shape index (κ2) is 5.76. The Morgan fingerprint density at radius 2 is 2.09 bits per heavy atom.